The lowest BCUT2D eigenvalue weighted by molar-refractivity contribution is -0.116. The number of methoxy groups -OCH3 is 2. The standard InChI is InChI=1S/C20H22BrNO5/c1-25-11-12-27-19-13-16(7-9-18(19)26-2)22-20(24)10-8-17(23)14-3-5-15(21)6-4-14/h3-7,9,13H,8,10-12H2,1-2H3,(H,22,24). The van der Waals surface area contributed by atoms with Gasteiger partial charge in [0.05, 0.1) is 13.7 Å². The minimum atomic E-state index is -0.242. The van der Waals surface area contributed by atoms with E-state index in [9.17, 15) is 9.59 Å². The lowest BCUT2D eigenvalue weighted by Crippen LogP contribution is -2.14. The van der Waals surface area contributed by atoms with Crippen molar-refractivity contribution < 1.29 is 23.8 Å². The largest absolute Gasteiger partial charge is 0.493 e. The van der Waals surface area contributed by atoms with E-state index < -0.39 is 0 Å². The van der Waals surface area contributed by atoms with Crippen molar-refractivity contribution in [2.75, 3.05) is 32.8 Å². The Morgan fingerprint density at radius 2 is 1.70 bits per heavy atom. The van der Waals surface area contributed by atoms with E-state index in [1.807, 2.05) is 0 Å². The van der Waals surface area contributed by atoms with Gasteiger partial charge in [0.1, 0.15) is 6.61 Å². The Labute approximate surface area is 166 Å². The lowest BCUT2D eigenvalue weighted by Gasteiger charge is -2.12. The predicted octanol–water partition coefficient (Wildman–Crippen LogP) is 4.08. The van der Waals surface area contributed by atoms with Gasteiger partial charge in [-0.15, -0.1) is 0 Å². The molecule has 2 aromatic rings. The first kappa shape index (κ1) is 20.9. The summed E-state index contributed by atoms with van der Waals surface area (Å²) in [5, 5.41) is 2.77. The lowest BCUT2D eigenvalue weighted by atomic mass is 10.1. The summed E-state index contributed by atoms with van der Waals surface area (Å²) in [6.45, 7) is 0.809. The second kappa shape index (κ2) is 10.7. The molecule has 1 N–H and O–H groups in total. The van der Waals surface area contributed by atoms with Gasteiger partial charge in [-0.05, 0) is 24.3 Å². The molecule has 0 saturated heterocycles. The van der Waals surface area contributed by atoms with Crippen LogP contribution in [0.15, 0.2) is 46.9 Å². The quantitative estimate of drug-likeness (QED) is 0.449. The highest BCUT2D eigenvalue weighted by molar-refractivity contribution is 9.10. The molecule has 0 fully saturated rings. The van der Waals surface area contributed by atoms with Crippen molar-refractivity contribution in [2.24, 2.45) is 0 Å². The number of benzene rings is 2. The van der Waals surface area contributed by atoms with E-state index in [1.54, 1.807) is 56.7 Å². The van der Waals surface area contributed by atoms with E-state index >= 15 is 0 Å². The maximum absolute atomic E-state index is 12.2. The minimum Gasteiger partial charge on any atom is -0.493 e. The number of anilines is 1. The highest BCUT2D eigenvalue weighted by Gasteiger charge is 2.11. The fraction of sp³-hybridized carbons (Fsp3) is 0.300. The molecule has 6 nitrogen and oxygen atoms in total. The average molecular weight is 436 g/mol. The molecule has 0 bridgehead atoms. The molecular weight excluding hydrogens is 414 g/mol. The second-order valence-corrected chi connectivity index (χ2v) is 6.60. The van der Waals surface area contributed by atoms with E-state index in [-0.39, 0.29) is 24.5 Å². The number of ether oxygens (including phenoxy) is 3. The molecule has 0 radical (unpaired) electrons. The van der Waals surface area contributed by atoms with Crippen molar-refractivity contribution in [3.8, 4) is 11.5 Å². The molecule has 144 valence electrons. The Morgan fingerprint density at radius 1 is 0.963 bits per heavy atom. The summed E-state index contributed by atoms with van der Waals surface area (Å²) in [7, 11) is 3.14. The Morgan fingerprint density at radius 3 is 2.37 bits per heavy atom. The van der Waals surface area contributed by atoms with Crippen LogP contribution in [-0.4, -0.2) is 39.1 Å². The van der Waals surface area contributed by atoms with E-state index in [1.165, 1.54) is 0 Å². The van der Waals surface area contributed by atoms with Crippen LogP contribution in [-0.2, 0) is 9.53 Å². The third-order valence-electron chi connectivity index (χ3n) is 3.74. The number of rotatable bonds is 10. The fourth-order valence-corrected chi connectivity index (χ4v) is 2.60. The molecule has 0 aliphatic carbocycles. The first-order chi connectivity index (χ1) is 13.0. The SMILES string of the molecule is COCCOc1cc(NC(=O)CCC(=O)c2ccc(Br)cc2)ccc1OC. The number of carbonyl (C=O) groups excluding carboxylic acids is 2. The molecule has 0 atom stereocenters. The third-order valence-corrected chi connectivity index (χ3v) is 4.27. The molecule has 0 spiro atoms. The summed E-state index contributed by atoms with van der Waals surface area (Å²) in [6.07, 6.45) is 0.238. The van der Waals surface area contributed by atoms with E-state index in [0.717, 1.165) is 4.47 Å². The normalized spacial score (nSPS) is 10.3. The van der Waals surface area contributed by atoms with Gasteiger partial charge in [0, 0.05) is 41.7 Å². The number of halogens is 1. The fourth-order valence-electron chi connectivity index (χ4n) is 2.33. The van der Waals surface area contributed by atoms with Gasteiger partial charge < -0.3 is 19.5 Å². The number of amides is 1. The maximum atomic E-state index is 12.2. The minimum absolute atomic E-state index is 0.0732. The van der Waals surface area contributed by atoms with Crippen LogP contribution in [0, 0.1) is 0 Å². The van der Waals surface area contributed by atoms with Crippen molar-refractivity contribution >= 4 is 33.3 Å². The first-order valence-electron chi connectivity index (χ1n) is 8.42. The van der Waals surface area contributed by atoms with Gasteiger partial charge in [-0.25, -0.2) is 0 Å². The highest BCUT2D eigenvalue weighted by Crippen LogP contribution is 2.30. The van der Waals surface area contributed by atoms with Crippen molar-refractivity contribution in [1.29, 1.82) is 0 Å². The molecule has 0 aliphatic rings. The van der Waals surface area contributed by atoms with E-state index in [2.05, 4.69) is 21.2 Å². The zero-order valence-electron chi connectivity index (χ0n) is 15.3. The van der Waals surface area contributed by atoms with Gasteiger partial charge in [-0.3, -0.25) is 9.59 Å². The van der Waals surface area contributed by atoms with Crippen molar-refractivity contribution in [2.45, 2.75) is 12.8 Å². The molecule has 7 heteroatoms. The molecule has 0 aromatic heterocycles. The smallest absolute Gasteiger partial charge is 0.224 e. The highest BCUT2D eigenvalue weighted by atomic mass is 79.9. The zero-order chi connectivity index (χ0) is 19.6. The number of Topliss-reactive ketones (excluding diaryl/α,β-unsaturated/α-hetero) is 1. The van der Waals surface area contributed by atoms with Gasteiger partial charge in [0.2, 0.25) is 5.91 Å². The molecular formula is C20H22BrNO5. The molecule has 2 rings (SSSR count). The van der Waals surface area contributed by atoms with Crippen molar-refractivity contribution in [3.63, 3.8) is 0 Å². The number of carbonyl (C=O) groups is 2. The molecule has 0 unspecified atom stereocenters. The molecule has 2 aromatic carbocycles. The molecule has 1 amide bonds. The summed E-state index contributed by atoms with van der Waals surface area (Å²) in [5.41, 5.74) is 1.16. The number of ketones is 1. The monoisotopic (exact) mass is 435 g/mol. The zero-order valence-corrected chi connectivity index (χ0v) is 16.9. The number of hydrogen-bond donors (Lipinski definition) is 1. The van der Waals surface area contributed by atoms with Gasteiger partial charge in [0.25, 0.3) is 0 Å². The van der Waals surface area contributed by atoms with Gasteiger partial charge >= 0.3 is 0 Å². The molecule has 27 heavy (non-hydrogen) atoms. The Kier molecular flexibility index (Phi) is 8.29. The third kappa shape index (κ3) is 6.69. The number of nitrogens with one attached hydrogen (secondary N) is 1. The average Bonchev–Trinajstić information content (AvgIpc) is 2.67. The predicted molar refractivity (Wildman–Crippen MR) is 107 cm³/mol. The van der Waals surface area contributed by atoms with E-state index in [4.69, 9.17) is 14.2 Å². The van der Waals surface area contributed by atoms with Gasteiger partial charge in [0.15, 0.2) is 17.3 Å². The van der Waals surface area contributed by atoms with Gasteiger partial charge in [-0.2, -0.15) is 0 Å². The van der Waals surface area contributed by atoms with Crippen LogP contribution in [0.1, 0.15) is 23.2 Å². The summed E-state index contributed by atoms with van der Waals surface area (Å²) < 4.78 is 16.7. The summed E-state index contributed by atoms with van der Waals surface area (Å²) in [6, 6.07) is 12.2. The Hall–Kier alpha value is -2.38. The summed E-state index contributed by atoms with van der Waals surface area (Å²) >= 11 is 3.33. The van der Waals surface area contributed by atoms with Crippen LogP contribution in [0.5, 0.6) is 11.5 Å². The van der Waals surface area contributed by atoms with E-state index in [0.29, 0.717) is 36.0 Å². The maximum Gasteiger partial charge on any atom is 0.224 e. The second-order valence-electron chi connectivity index (χ2n) is 5.69. The number of hydrogen-bond acceptors (Lipinski definition) is 5. The van der Waals surface area contributed by atoms with Crippen LogP contribution < -0.4 is 14.8 Å². The molecule has 0 saturated carbocycles. The van der Waals surface area contributed by atoms with Crippen molar-refractivity contribution in [1.82, 2.24) is 0 Å². The molecule has 0 aliphatic heterocycles. The van der Waals surface area contributed by atoms with Crippen LogP contribution in [0.2, 0.25) is 0 Å². The Balaban J connectivity index is 1.91. The van der Waals surface area contributed by atoms with Crippen LogP contribution in [0.25, 0.3) is 0 Å². The van der Waals surface area contributed by atoms with Crippen LogP contribution >= 0.6 is 15.9 Å². The topological polar surface area (TPSA) is 73.9 Å². The van der Waals surface area contributed by atoms with Crippen LogP contribution in [0.3, 0.4) is 0 Å². The summed E-state index contributed by atoms with van der Waals surface area (Å²) in [5.74, 6) is 0.761. The van der Waals surface area contributed by atoms with Crippen molar-refractivity contribution in [3.05, 3.63) is 52.5 Å². The van der Waals surface area contributed by atoms with Gasteiger partial charge in [-0.1, -0.05) is 28.1 Å². The van der Waals surface area contributed by atoms with Crippen LogP contribution in [0.4, 0.5) is 5.69 Å². The Bertz CT molecular complexity index is 776. The molecule has 0 heterocycles. The first-order valence-corrected chi connectivity index (χ1v) is 9.21. The summed E-state index contributed by atoms with van der Waals surface area (Å²) in [4.78, 5) is 24.3.